The fraction of sp³-hybridized carbons (Fsp3) is 0.938. The van der Waals surface area contributed by atoms with Crippen molar-refractivity contribution in [3.8, 4) is 0 Å². The van der Waals surface area contributed by atoms with E-state index in [1.165, 1.54) is 12.8 Å². The molecule has 0 spiro atoms. The molecule has 25 heavy (non-hydrogen) atoms. The molecule has 4 rings (SSSR count). The Morgan fingerprint density at radius 2 is 1.92 bits per heavy atom. The smallest absolute Gasteiger partial charge is 0.214 e. The van der Waals surface area contributed by atoms with E-state index in [4.69, 9.17) is 9.73 Å². The fourth-order valence-electron chi connectivity index (χ4n) is 4.77. The third-order valence-electron chi connectivity index (χ3n) is 5.90. The van der Waals surface area contributed by atoms with Crippen molar-refractivity contribution in [2.75, 3.05) is 45.0 Å². The molecule has 4 fully saturated rings. The lowest BCUT2D eigenvalue weighted by atomic mass is 9.82. The summed E-state index contributed by atoms with van der Waals surface area (Å²) < 4.78 is 31.4. The Morgan fingerprint density at radius 1 is 1.24 bits per heavy atom. The number of likely N-dealkylation sites (tertiary alicyclic amines) is 1. The first kappa shape index (κ1) is 19.6. The SMILES string of the molecule is CCNC(=NCCN1CCCS1(=O)=O)N1CC2C3CCC(O3)C2C1.I. The topological polar surface area (TPSA) is 74.2 Å². The van der Waals surface area contributed by atoms with Gasteiger partial charge in [-0.15, -0.1) is 24.0 Å². The van der Waals surface area contributed by atoms with Gasteiger partial charge in [-0.2, -0.15) is 0 Å². The first-order valence-corrected chi connectivity index (χ1v) is 10.9. The van der Waals surface area contributed by atoms with Crippen molar-refractivity contribution in [3.63, 3.8) is 0 Å². The second-order valence-electron chi connectivity index (χ2n) is 7.33. The zero-order chi connectivity index (χ0) is 16.7. The molecule has 7 nitrogen and oxygen atoms in total. The van der Waals surface area contributed by atoms with E-state index >= 15 is 0 Å². The molecule has 4 atom stereocenters. The zero-order valence-corrected chi connectivity index (χ0v) is 17.9. The van der Waals surface area contributed by atoms with Crippen LogP contribution in [0.25, 0.3) is 0 Å². The maximum atomic E-state index is 11.9. The number of rotatable bonds is 4. The molecule has 144 valence electrons. The standard InChI is InChI=1S/C16H28N4O3S.HI/c1-2-17-16(18-6-8-20-7-3-9-24(20,21)22)19-10-12-13(11-19)15-5-4-14(12)23-15;/h12-15H,2-11H2,1H3,(H,17,18);1H. The summed E-state index contributed by atoms with van der Waals surface area (Å²) in [5.41, 5.74) is 0. The summed E-state index contributed by atoms with van der Waals surface area (Å²) in [6, 6.07) is 0. The zero-order valence-electron chi connectivity index (χ0n) is 14.8. The van der Waals surface area contributed by atoms with Crippen LogP contribution in [0, 0.1) is 11.8 Å². The van der Waals surface area contributed by atoms with Gasteiger partial charge >= 0.3 is 0 Å². The molecule has 4 aliphatic heterocycles. The third kappa shape index (κ3) is 3.79. The van der Waals surface area contributed by atoms with E-state index in [1.807, 2.05) is 0 Å². The molecule has 0 saturated carbocycles. The number of aliphatic imine (C=N–C) groups is 1. The van der Waals surface area contributed by atoms with E-state index in [-0.39, 0.29) is 29.7 Å². The van der Waals surface area contributed by atoms with Gasteiger partial charge < -0.3 is 15.0 Å². The number of fused-ring (bicyclic) bond motifs is 5. The van der Waals surface area contributed by atoms with Crippen LogP contribution in [0.1, 0.15) is 26.2 Å². The predicted octanol–water partition coefficient (Wildman–Crippen LogP) is 0.715. The average molecular weight is 484 g/mol. The minimum Gasteiger partial charge on any atom is -0.374 e. The number of nitrogens with one attached hydrogen (secondary N) is 1. The maximum Gasteiger partial charge on any atom is 0.214 e. The van der Waals surface area contributed by atoms with Crippen LogP contribution >= 0.6 is 24.0 Å². The number of nitrogens with zero attached hydrogens (tertiary/aromatic N) is 3. The highest BCUT2D eigenvalue weighted by Gasteiger charge is 2.53. The van der Waals surface area contributed by atoms with Crippen LogP contribution in [0.15, 0.2) is 4.99 Å². The Kier molecular flexibility index (Phi) is 6.17. The van der Waals surface area contributed by atoms with E-state index in [9.17, 15) is 8.42 Å². The van der Waals surface area contributed by atoms with Gasteiger partial charge in [0.05, 0.1) is 24.5 Å². The summed E-state index contributed by atoms with van der Waals surface area (Å²) in [6.07, 6.45) is 4.05. The highest BCUT2D eigenvalue weighted by Crippen LogP contribution is 2.47. The van der Waals surface area contributed by atoms with Gasteiger partial charge in [-0.25, -0.2) is 12.7 Å². The van der Waals surface area contributed by atoms with E-state index in [0.717, 1.165) is 32.0 Å². The number of hydrogen-bond acceptors (Lipinski definition) is 4. The van der Waals surface area contributed by atoms with Crippen LogP contribution in [0.2, 0.25) is 0 Å². The molecule has 4 aliphatic rings. The lowest BCUT2D eigenvalue weighted by molar-refractivity contribution is 0.0767. The lowest BCUT2D eigenvalue weighted by Gasteiger charge is -2.23. The Hall–Kier alpha value is -0.130. The van der Waals surface area contributed by atoms with Crippen LogP contribution in [-0.2, 0) is 14.8 Å². The molecular formula is C16H29IN4O3S. The average Bonchev–Trinajstić information content (AvgIpc) is 3.27. The monoisotopic (exact) mass is 484 g/mol. The minimum atomic E-state index is -3.02. The number of sulfonamides is 1. The van der Waals surface area contributed by atoms with Crippen LogP contribution in [0.3, 0.4) is 0 Å². The van der Waals surface area contributed by atoms with Gasteiger partial charge in [-0.3, -0.25) is 4.99 Å². The quantitative estimate of drug-likeness (QED) is 0.362. The van der Waals surface area contributed by atoms with Gasteiger partial charge in [0, 0.05) is 44.6 Å². The molecule has 0 radical (unpaired) electrons. The van der Waals surface area contributed by atoms with E-state index < -0.39 is 10.0 Å². The minimum absolute atomic E-state index is 0. The lowest BCUT2D eigenvalue weighted by Crippen LogP contribution is -2.42. The van der Waals surface area contributed by atoms with Crippen molar-refractivity contribution in [3.05, 3.63) is 0 Å². The van der Waals surface area contributed by atoms with Crippen LogP contribution in [-0.4, -0.2) is 80.8 Å². The van der Waals surface area contributed by atoms with Crippen molar-refractivity contribution < 1.29 is 13.2 Å². The fourth-order valence-corrected chi connectivity index (χ4v) is 6.29. The summed E-state index contributed by atoms with van der Waals surface area (Å²) in [5, 5.41) is 3.38. The van der Waals surface area contributed by atoms with Crippen LogP contribution < -0.4 is 5.32 Å². The molecule has 0 aromatic heterocycles. The van der Waals surface area contributed by atoms with Crippen molar-refractivity contribution >= 4 is 40.0 Å². The second-order valence-corrected chi connectivity index (χ2v) is 9.42. The van der Waals surface area contributed by atoms with Gasteiger partial charge in [-0.05, 0) is 26.2 Å². The molecule has 9 heteroatoms. The first-order valence-electron chi connectivity index (χ1n) is 9.25. The Balaban J connectivity index is 0.00000182. The highest BCUT2D eigenvalue weighted by molar-refractivity contribution is 14.0. The van der Waals surface area contributed by atoms with Crippen molar-refractivity contribution in [1.82, 2.24) is 14.5 Å². The molecule has 1 N–H and O–H groups in total. The van der Waals surface area contributed by atoms with E-state index in [1.54, 1.807) is 4.31 Å². The summed E-state index contributed by atoms with van der Waals surface area (Å²) in [6.45, 7) is 6.59. The van der Waals surface area contributed by atoms with Gasteiger partial charge in [0.1, 0.15) is 0 Å². The second kappa shape index (κ2) is 7.85. The third-order valence-corrected chi connectivity index (χ3v) is 7.86. The predicted molar refractivity (Wildman–Crippen MR) is 108 cm³/mol. The highest BCUT2D eigenvalue weighted by atomic mass is 127. The Bertz CT molecular complexity index is 597. The van der Waals surface area contributed by atoms with Crippen molar-refractivity contribution in [2.24, 2.45) is 16.8 Å². The first-order chi connectivity index (χ1) is 11.6. The van der Waals surface area contributed by atoms with E-state index in [2.05, 4.69) is 17.1 Å². The number of ether oxygens (including phenoxy) is 1. The summed E-state index contributed by atoms with van der Waals surface area (Å²) in [5.74, 6) is 2.51. The molecule has 0 aromatic rings. The number of halogens is 1. The number of hydrogen-bond donors (Lipinski definition) is 1. The summed E-state index contributed by atoms with van der Waals surface area (Å²) in [7, 11) is -3.02. The van der Waals surface area contributed by atoms with Crippen LogP contribution in [0.4, 0.5) is 0 Å². The Labute approximate surface area is 167 Å². The molecular weight excluding hydrogens is 455 g/mol. The molecule has 4 heterocycles. The van der Waals surface area contributed by atoms with Crippen LogP contribution in [0.5, 0.6) is 0 Å². The summed E-state index contributed by atoms with van der Waals surface area (Å²) in [4.78, 5) is 7.06. The summed E-state index contributed by atoms with van der Waals surface area (Å²) >= 11 is 0. The number of guanidine groups is 1. The van der Waals surface area contributed by atoms with Crippen molar-refractivity contribution in [2.45, 2.75) is 38.4 Å². The Morgan fingerprint density at radius 3 is 2.48 bits per heavy atom. The molecule has 4 unspecified atom stereocenters. The molecule has 0 aliphatic carbocycles. The van der Waals surface area contributed by atoms with E-state index in [0.29, 0.717) is 43.7 Å². The van der Waals surface area contributed by atoms with Gasteiger partial charge in [0.2, 0.25) is 10.0 Å². The molecule has 0 amide bonds. The maximum absolute atomic E-state index is 11.9. The molecule has 0 aromatic carbocycles. The van der Waals surface area contributed by atoms with Gasteiger partial charge in [-0.1, -0.05) is 0 Å². The van der Waals surface area contributed by atoms with Crippen molar-refractivity contribution in [1.29, 1.82) is 0 Å². The largest absolute Gasteiger partial charge is 0.374 e. The molecule has 4 saturated heterocycles. The normalized spacial score (nSPS) is 36.5. The van der Waals surface area contributed by atoms with Gasteiger partial charge in [0.25, 0.3) is 0 Å². The molecule has 2 bridgehead atoms. The van der Waals surface area contributed by atoms with Gasteiger partial charge in [0.15, 0.2) is 5.96 Å².